The van der Waals surface area contributed by atoms with E-state index in [0.29, 0.717) is 0 Å². The first-order valence-electron chi connectivity index (χ1n) is 4.67. The molecule has 0 amide bonds. The van der Waals surface area contributed by atoms with Crippen molar-refractivity contribution in [1.29, 1.82) is 0 Å². The van der Waals surface area contributed by atoms with Crippen LogP contribution < -0.4 is 16.2 Å². The fourth-order valence-electron chi connectivity index (χ4n) is 1.21. The number of hydrogen-bond donors (Lipinski definition) is 3. The number of nitrogens with two attached hydrogens (primary N) is 1. The Morgan fingerprint density at radius 1 is 1.41 bits per heavy atom. The number of halogens is 3. The van der Waals surface area contributed by atoms with E-state index < -0.39 is 19.3 Å². The molecule has 0 bridgehead atoms. The Morgan fingerprint density at radius 2 is 2.12 bits per heavy atom. The van der Waals surface area contributed by atoms with Gasteiger partial charge in [0.15, 0.2) is 0 Å². The summed E-state index contributed by atoms with van der Waals surface area (Å²) in [6.07, 6.45) is -3.29. The number of alkyl halides is 3. The number of aliphatic hydroxyl groups excluding tert-OH is 1. The van der Waals surface area contributed by atoms with E-state index in [2.05, 4.69) is 15.4 Å². The highest BCUT2D eigenvalue weighted by molar-refractivity contribution is 5.47. The lowest BCUT2D eigenvalue weighted by atomic mass is 10.4. The van der Waals surface area contributed by atoms with Gasteiger partial charge in [-0.05, 0) is 0 Å². The van der Waals surface area contributed by atoms with Gasteiger partial charge in [-0.15, -0.1) is 0 Å². The molecule has 0 spiro atoms. The van der Waals surface area contributed by atoms with Crippen LogP contribution in [0.25, 0.3) is 0 Å². The van der Waals surface area contributed by atoms with Crippen LogP contribution in [0.3, 0.4) is 0 Å². The third-order valence-corrected chi connectivity index (χ3v) is 1.86. The summed E-state index contributed by atoms with van der Waals surface area (Å²) in [7, 11) is 0. The quantitative estimate of drug-likeness (QED) is 0.509. The van der Waals surface area contributed by atoms with Crippen LogP contribution in [0.4, 0.5) is 24.8 Å². The molecule has 0 saturated carbocycles. The van der Waals surface area contributed by atoms with Crippen molar-refractivity contribution in [3.8, 4) is 0 Å². The number of hydrogen-bond acceptors (Lipinski definition) is 6. The monoisotopic (exact) mass is 251 g/mol. The second-order valence-corrected chi connectivity index (χ2v) is 3.17. The summed E-state index contributed by atoms with van der Waals surface area (Å²) in [5.41, 5.74) is 2.21. The van der Waals surface area contributed by atoms with Crippen LogP contribution in [0.1, 0.15) is 0 Å². The van der Waals surface area contributed by atoms with E-state index in [9.17, 15) is 13.2 Å². The topological polar surface area (TPSA) is 87.3 Å². The highest BCUT2D eigenvalue weighted by Gasteiger charge is 2.31. The van der Waals surface area contributed by atoms with Gasteiger partial charge in [-0.2, -0.15) is 13.2 Å². The average Bonchev–Trinajstić information content (AvgIpc) is 2.27. The van der Waals surface area contributed by atoms with Crippen molar-refractivity contribution in [2.45, 2.75) is 6.18 Å². The molecule has 0 atom stereocenters. The summed E-state index contributed by atoms with van der Waals surface area (Å²) in [6.45, 7) is -1.79. The Balaban J connectivity index is 2.88. The molecule has 1 rings (SSSR count). The summed E-state index contributed by atoms with van der Waals surface area (Å²) in [5.74, 6) is 5.33. The molecule has 0 fully saturated rings. The highest BCUT2D eigenvalue weighted by Crippen LogP contribution is 2.21. The summed E-state index contributed by atoms with van der Waals surface area (Å²) >= 11 is 0. The Morgan fingerprint density at radius 3 is 2.65 bits per heavy atom. The third-order valence-electron chi connectivity index (χ3n) is 1.86. The molecule has 0 aliphatic rings. The number of rotatable bonds is 5. The Labute approximate surface area is 95.2 Å². The van der Waals surface area contributed by atoms with Gasteiger partial charge in [0.25, 0.3) is 0 Å². The second kappa shape index (κ2) is 5.64. The van der Waals surface area contributed by atoms with Crippen molar-refractivity contribution in [1.82, 2.24) is 9.97 Å². The van der Waals surface area contributed by atoms with Crippen molar-refractivity contribution < 1.29 is 18.3 Å². The first kappa shape index (κ1) is 13.5. The molecule has 96 valence electrons. The second-order valence-electron chi connectivity index (χ2n) is 3.17. The fourth-order valence-corrected chi connectivity index (χ4v) is 1.21. The minimum absolute atomic E-state index is 0.0410. The van der Waals surface area contributed by atoms with Crippen LogP contribution >= 0.6 is 0 Å². The Bertz CT molecular complexity index is 359. The van der Waals surface area contributed by atoms with E-state index in [1.165, 1.54) is 6.07 Å². The van der Waals surface area contributed by atoms with Gasteiger partial charge in [0.2, 0.25) is 0 Å². The van der Waals surface area contributed by atoms with Gasteiger partial charge in [-0.1, -0.05) is 0 Å². The number of nitrogens with one attached hydrogen (secondary N) is 1. The molecule has 9 heteroatoms. The van der Waals surface area contributed by atoms with Gasteiger partial charge in [-0.3, -0.25) is 0 Å². The zero-order chi connectivity index (χ0) is 12.9. The highest BCUT2D eigenvalue weighted by atomic mass is 19.4. The van der Waals surface area contributed by atoms with Gasteiger partial charge in [-0.25, -0.2) is 15.8 Å². The van der Waals surface area contributed by atoms with Crippen LogP contribution in [-0.2, 0) is 0 Å². The summed E-state index contributed by atoms with van der Waals surface area (Å²) in [4.78, 5) is 8.27. The van der Waals surface area contributed by atoms with Crippen molar-refractivity contribution in [2.75, 3.05) is 30.0 Å². The zero-order valence-electron chi connectivity index (χ0n) is 8.78. The van der Waals surface area contributed by atoms with E-state index in [1.807, 2.05) is 0 Å². The molecule has 0 aromatic carbocycles. The molecule has 1 aromatic heterocycles. The molecular formula is C8H12F3N5O. The van der Waals surface area contributed by atoms with Crippen LogP contribution in [0.15, 0.2) is 12.4 Å². The molecule has 1 heterocycles. The van der Waals surface area contributed by atoms with E-state index in [0.717, 1.165) is 11.2 Å². The van der Waals surface area contributed by atoms with E-state index in [-0.39, 0.29) is 18.2 Å². The minimum atomic E-state index is -4.38. The zero-order valence-corrected chi connectivity index (χ0v) is 8.78. The van der Waals surface area contributed by atoms with Gasteiger partial charge < -0.3 is 15.4 Å². The van der Waals surface area contributed by atoms with Crippen LogP contribution in [0, 0.1) is 0 Å². The lowest BCUT2D eigenvalue weighted by molar-refractivity contribution is -0.120. The number of hydrazine groups is 1. The normalized spacial score (nSPS) is 11.4. The maximum Gasteiger partial charge on any atom is 0.405 e. The first-order valence-corrected chi connectivity index (χ1v) is 4.67. The molecule has 17 heavy (non-hydrogen) atoms. The number of nitrogens with zero attached hydrogens (tertiary/aromatic N) is 3. The molecular weight excluding hydrogens is 239 g/mol. The molecule has 0 saturated heterocycles. The Kier molecular flexibility index (Phi) is 4.46. The lowest BCUT2D eigenvalue weighted by Crippen LogP contribution is -2.36. The van der Waals surface area contributed by atoms with Crippen molar-refractivity contribution >= 4 is 11.6 Å². The van der Waals surface area contributed by atoms with E-state index in [4.69, 9.17) is 10.9 Å². The number of aliphatic hydroxyl groups is 1. The number of anilines is 2. The van der Waals surface area contributed by atoms with Crippen molar-refractivity contribution in [2.24, 2.45) is 5.84 Å². The van der Waals surface area contributed by atoms with Gasteiger partial charge in [0.1, 0.15) is 24.5 Å². The fraction of sp³-hybridized carbons (Fsp3) is 0.500. The van der Waals surface area contributed by atoms with E-state index >= 15 is 0 Å². The SMILES string of the molecule is NNc1cc(N(CCO)CC(F)(F)F)ncn1. The minimum Gasteiger partial charge on any atom is -0.395 e. The molecule has 1 aromatic rings. The average molecular weight is 251 g/mol. The molecule has 6 nitrogen and oxygen atoms in total. The standard InChI is InChI=1S/C8H12F3N5O/c9-8(10,11)4-16(1-2-17)7-3-6(15-12)13-5-14-7/h3,5,17H,1-2,4,12H2,(H,13,14,15). The van der Waals surface area contributed by atoms with Gasteiger partial charge in [0, 0.05) is 12.6 Å². The smallest absolute Gasteiger partial charge is 0.395 e. The summed E-state index contributed by atoms with van der Waals surface area (Å²) in [6, 6.07) is 1.27. The van der Waals surface area contributed by atoms with Crippen LogP contribution in [0.5, 0.6) is 0 Å². The van der Waals surface area contributed by atoms with Gasteiger partial charge >= 0.3 is 6.18 Å². The third kappa shape index (κ3) is 4.41. The first-order chi connectivity index (χ1) is 7.96. The molecule has 0 radical (unpaired) electrons. The van der Waals surface area contributed by atoms with Crippen LogP contribution in [-0.4, -0.2) is 40.9 Å². The maximum atomic E-state index is 12.3. The maximum absolute atomic E-state index is 12.3. The van der Waals surface area contributed by atoms with E-state index in [1.54, 1.807) is 0 Å². The predicted molar refractivity (Wildman–Crippen MR) is 55.2 cm³/mol. The summed E-state index contributed by atoms with van der Waals surface area (Å²) in [5, 5.41) is 8.73. The predicted octanol–water partition coefficient (Wildman–Crippen LogP) is 0.123. The Hall–Kier alpha value is -1.61. The number of aromatic nitrogens is 2. The number of nitrogen functional groups attached to an aromatic ring is 1. The lowest BCUT2D eigenvalue weighted by Gasteiger charge is -2.24. The van der Waals surface area contributed by atoms with Crippen LogP contribution in [0.2, 0.25) is 0 Å². The summed E-state index contributed by atoms with van der Waals surface area (Å²) < 4.78 is 36.9. The van der Waals surface area contributed by atoms with Gasteiger partial charge in [0.05, 0.1) is 6.61 Å². The molecule has 0 aliphatic carbocycles. The molecule has 4 N–H and O–H groups in total. The van der Waals surface area contributed by atoms with Crippen molar-refractivity contribution in [3.63, 3.8) is 0 Å². The molecule has 0 aliphatic heterocycles. The largest absolute Gasteiger partial charge is 0.405 e. The molecule has 0 unspecified atom stereocenters. The van der Waals surface area contributed by atoms with Crippen molar-refractivity contribution in [3.05, 3.63) is 12.4 Å².